The lowest BCUT2D eigenvalue weighted by molar-refractivity contribution is -0.140. The highest BCUT2D eigenvalue weighted by Crippen LogP contribution is 2.29. The van der Waals surface area contributed by atoms with Gasteiger partial charge in [0.25, 0.3) is 0 Å². The van der Waals surface area contributed by atoms with E-state index in [1.807, 2.05) is 30.3 Å². The molecule has 0 saturated heterocycles. The maximum atomic E-state index is 11.6. The number of carboxylic acids is 1. The summed E-state index contributed by atoms with van der Waals surface area (Å²) >= 11 is 2.46. The van der Waals surface area contributed by atoms with Crippen molar-refractivity contribution in [1.82, 2.24) is 0 Å². The summed E-state index contributed by atoms with van der Waals surface area (Å²) in [5.74, 6) is -0.872. The average molecular weight is 458 g/mol. The van der Waals surface area contributed by atoms with Gasteiger partial charge in [-0.2, -0.15) is 0 Å². The molecule has 142 valence electrons. The van der Waals surface area contributed by atoms with E-state index in [4.69, 9.17) is 0 Å². The first-order valence-electron chi connectivity index (χ1n) is 10.0. The maximum Gasteiger partial charge on any atom is 0.311 e. The van der Waals surface area contributed by atoms with Crippen LogP contribution in [-0.4, -0.2) is 15.5 Å². The van der Waals surface area contributed by atoms with Gasteiger partial charge in [0, 0.05) is 0 Å². The summed E-state index contributed by atoms with van der Waals surface area (Å²) in [5, 5.41) is 9.57. The van der Waals surface area contributed by atoms with Crippen LogP contribution in [0.5, 0.6) is 0 Å². The fraction of sp³-hybridized carbons (Fsp3) is 0.682. The lowest BCUT2D eigenvalue weighted by atomic mass is 9.84. The molecule has 0 radical (unpaired) electrons. The third-order valence-electron chi connectivity index (χ3n) is 5.04. The van der Waals surface area contributed by atoms with Crippen LogP contribution in [0.25, 0.3) is 0 Å². The molecule has 2 unspecified atom stereocenters. The van der Waals surface area contributed by atoms with Crippen LogP contribution >= 0.6 is 22.6 Å². The molecule has 1 aromatic carbocycles. The fourth-order valence-electron chi connectivity index (χ4n) is 3.52. The molecule has 0 aliphatic heterocycles. The Bertz CT molecular complexity index is 447. The largest absolute Gasteiger partial charge is 0.481 e. The molecule has 0 aromatic heterocycles. The summed E-state index contributed by atoms with van der Waals surface area (Å²) < 4.78 is 1.29. The number of alkyl halides is 1. The average Bonchev–Trinajstić information content (AvgIpc) is 2.60. The minimum Gasteiger partial charge on any atom is -0.481 e. The van der Waals surface area contributed by atoms with Gasteiger partial charge in [0.2, 0.25) is 0 Å². The monoisotopic (exact) mass is 458 g/mol. The van der Waals surface area contributed by atoms with E-state index in [2.05, 4.69) is 29.5 Å². The first-order chi connectivity index (χ1) is 12.2. The van der Waals surface area contributed by atoms with Crippen molar-refractivity contribution in [2.45, 2.75) is 83.5 Å². The number of benzene rings is 1. The van der Waals surface area contributed by atoms with Crippen LogP contribution in [0.4, 0.5) is 0 Å². The third kappa shape index (κ3) is 10.2. The summed E-state index contributed by atoms with van der Waals surface area (Å²) in [6.07, 6.45) is 14.3. The van der Waals surface area contributed by atoms with E-state index >= 15 is 0 Å². The van der Waals surface area contributed by atoms with Crippen LogP contribution in [0.3, 0.4) is 0 Å². The van der Waals surface area contributed by atoms with Crippen molar-refractivity contribution in [2.75, 3.05) is 4.43 Å². The summed E-state index contributed by atoms with van der Waals surface area (Å²) in [7, 11) is 0. The highest BCUT2D eigenvalue weighted by atomic mass is 127. The van der Waals surface area contributed by atoms with Crippen LogP contribution in [0.1, 0.15) is 89.0 Å². The van der Waals surface area contributed by atoms with Gasteiger partial charge in [-0.15, -0.1) is 0 Å². The van der Waals surface area contributed by atoms with E-state index in [1.165, 1.54) is 62.2 Å². The molecule has 1 rings (SSSR count). The Morgan fingerprint density at radius 2 is 1.36 bits per heavy atom. The maximum absolute atomic E-state index is 11.6. The number of carboxylic acid groups (broad SMARTS) is 1. The highest BCUT2D eigenvalue weighted by molar-refractivity contribution is 14.1. The Labute approximate surface area is 167 Å². The highest BCUT2D eigenvalue weighted by Gasteiger charge is 2.25. The second kappa shape index (κ2) is 14.6. The smallest absolute Gasteiger partial charge is 0.311 e. The van der Waals surface area contributed by atoms with Gasteiger partial charge in [-0.05, 0) is 28.8 Å². The topological polar surface area (TPSA) is 37.3 Å². The molecule has 1 aromatic rings. The predicted molar refractivity (Wildman–Crippen MR) is 116 cm³/mol. The molecular weight excluding hydrogens is 423 g/mol. The van der Waals surface area contributed by atoms with E-state index in [-0.39, 0.29) is 11.8 Å². The molecule has 2 atom stereocenters. The number of hydrogen-bond donors (Lipinski definition) is 1. The second-order valence-electron chi connectivity index (χ2n) is 7.22. The summed E-state index contributed by atoms with van der Waals surface area (Å²) in [5.41, 5.74) is 0.935. The van der Waals surface area contributed by atoms with Crippen LogP contribution in [-0.2, 0) is 4.79 Å². The zero-order valence-corrected chi connectivity index (χ0v) is 17.9. The van der Waals surface area contributed by atoms with Crippen molar-refractivity contribution >= 4 is 28.6 Å². The number of carbonyl (C=O) groups is 1. The molecule has 0 heterocycles. The van der Waals surface area contributed by atoms with Crippen molar-refractivity contribution in [3.8, 4) is 0 Å². The van der Waals surface area contributed by atoms with Crippen molar-refractivity contribution in [2.24, 2.45) is 5.92 Å². The molecule has 0 aliphatic carbocycles. The lowest BCUT2D eigenvalue weighted by Crippen LogP contribution is -2.19. The molecule has 3 heteroatoms. The first kappa shape index (κ1) is 22.5. The lowest BCUT2D eigenvalue weighted by Gasteiger charge is -2.20. The van der Waals surface area contributed by atoms with Gasteiger partial charge in [0.05, 0.1) is 5.92 Å². The molecule has 0 saturated carbocycles. The Morgan fingerprint density at radius 3 is 1.84 bits per heavy atom. The van der Waals surface area contributed by atoms with Crippen LogP contribution in [0.2, 0.25) is 0 Å². The van der Waals surface area contributed by atoms with Gasteiger partial charge >= 0.3 is 5.97 Å². The molecule has 0 amide bonds. The standard InChI is InChI=1S/C22H35IO2/c1-19(21(22(24)25)20-16-12-10-13-17-20)15-11-8-6-4-2-3-5-7-9-14-18-23/h10,12-13,16-17,19,21H,2-9,11,14-15,18H2,1H3,(H,24,25). The van der Waals surface area contributed by atoms with E-state index in [0.717, 1.165) is 18.4 Å². The summed E-state index contributed by atoms with van der Waals surface area (Å²) in [6, 6.07) is 9.68. The summed E-state index contributed by atoms with van der Waals surface area (Å²) in [4.78, 5) is 11.6. The predicted octanol–water partition coefficient (Wildman–Crippen LogP) is 7.22. The molecule has 25 heavy (non-hydrogen) atoms. The minimum absolute atomic E-state index is 0.192. The Balaban J connectivity index is 2.11. The van der Waals surface area contributed by atoms with Crippen molar-refractivity contribution in [1.29, 1.82) is 0 Å². The number of unbranched alkanes of at least 4 members (excludes halogenated alkanes) is 9. The minimum atomic E-state index is -0.693. The molecule has 0 aliphatic rings. The van der Waals surface area contributed by atoms with Gasteiger partial charge < -0.3 is 5.11 Å². The Kier molecular flexibility index (Phi) is 13.1. The Morgan fingerprint density at radius 1 is 0.880 bits per heavy atom. The summed E-state index contributed by atoms with van der Waals surface area (Å²) in [6.45, 7) is 2.08. The van der Waals surface area contributed by atoms with E-state index in [0.29, 0.717) is 0 Å². The van der Waals surface area contributed by atoms with Crippen LogP contribution < -0.4 is 0 Å². The fourth-order valence-corrected chi connectivity index (χ4v) is 4.06. The normalized spacial score (nSPS) is 13.5. The molecule has 0 spiro atoms. The van der Waals surface area contributed by atoms with Gasteiger partial charge in [-0.25, -0.2) is 0 Å². The molecule has 2 nitrogen and oxygen atoms in total. The molecule has 0 bridgehead atoms. The molecular formula is C22H35IO2. The number of hydrogen-bond acceptors (Lipinski definition) is 1. The quantitative estimate of drug-likeness (QED) is 0.171. The van der Waals surface area contributed by atoms with Crippen molar-refractivity contribution in [3.63, 3.8) is 0 Å². The third-order valence-corrected chi connectivity index (χ3v) is 5.80. The Hall–Kier alpha value is -0.580. The van der Waals surface area contributed by atoms with Crippen LogP contribution in [0, 0.1) is 5.92 Å². The zero-order valence-electron chi connectivity index (χ0n) is 15.8. The zero-order chi connectivity index (χ0) is 18.3. The molecule has 0 fully saturated rings. The van der Waals surface area contributed by atoms with Gasteiger partial charge in [0.15, 0.2) is 0 Å². The van der Waals surface area contributed by atoms with E-state index in [1.54, 1.807) is 0 Å². The number of rotatable bonds is 15. The van der Waals surface area contributed by atoms with E-state index < -0.39 is 5.97 Å². The van der Waals surface area contributed by atoms with Crippen molar-refractivity contribution in [3.05, 3.63) is 35.9 Å². The molecule has 1 N–H and O–H groups in total. The van der Waals surface area contributed by atoms with Crippen LogP contribution in [0.15, 0.2) is 30.3 Å². The first-order valence-corrected chi connectivity index (χ1v) is 11.5. The van der Waals surface area contributed by atoms with Crippen molar-refractivity contribution < 1.29 is 9.90 Å². The second-order valence-corrected chi connectivity index (χ2v) is 8.30. The number of halogens is 1. The van der Waals surface area contributed by atoms with Gasteiger partial charge in [-0.3, -0.25) is 4.79 Å². The van der Waals surface area contributed by atoms with Gasteiger partial charge in [-0.1, -0.05) is 118 Å². The number of aliphatic carboxylic acids is 1. The SMILES string of the molecule is CC(CCCCCCCCCCCCI)C(C(=O)O)c1ccccc1. The van der Waals surface area contributed by atoms with E-state index in [9.17, 15) is 9.90 Å². The van der Waals surface area contributed by atoms with Gasteiger partial charge in [0.1, 0.15) is 0 Å².